The van der Waals surface area contributed by atoms with Crippen LogP contribution in [0.15, 0.2) is 30.3 Å². The molecule has 0 bridgehead atoms. The minimum atomic E-state index is -0.851. The first-order valence-electron chi connectivity index (χ1n) is 6.72. The molecule has 0 spiro atoms. The lowest BCUT2D eigenvalue weighted by atomic mass is 9.96. The number of hydrogen-bond donors (Lipinski definition) is 0. The summed E-state index contributed by atoms with van der Waals surface area (Å²) < 4.78 is 4.89. The highest BCUT2D eigenvalue weighted by atomic mass is 16.5. The molecule has 1 aromatic carbocycles. The maximum atomic E-state index is 12.3. The minimum Gasteiger partial charge on any atom is -0.465 e. The van der Waals surface area contributed by atoms with Gasteiger partial charge in [0.15, 0.2) is 0 Å². The van der Waals surface area contributed by atoms with Gasteiger partial charge in [-0.05, 0) is 31.9 Å². The van der Waals surface area contributed by atoms with Crippen LogP contribution in [-0.2, 0) is 14.3 Å². The first kappa shape index (κ1) is 14.2. The highest BCUT2D eigenvalue weighted by Crippen LogP contribution is 2.21. The van der Waals surface area contributed by atoms with Crippen molar-refractivity contribution >= 4 is 17.8 Å². The number of rotatable bonds is 3. The van der Waals surface area contributed by atoms with Crippen LogP contribution in [0.25, 0.3) is 0 Å². The minimum absolute atomic E-state index is 0.231. The molecule has 5 nitrogen and oxygen atoms in total. The second-order valence-corrected chi connectivity index (χ2v) is 4.61. The Balaban J connectivity index is 2.14. The highest BCUT2D eigenvalue weighted by molar-refractivity contribution is 6.10. The number of piperidine rings is 1. The van der Waals surface area contributed by atoms with E-state index < -0.39 is 17.8 Å². The van der Waals surface area contributed by atoms with Crippen molar-refractivity contribution in [3.63, 3.8) is 0 Å². The topological polar surface area (TPSA) is 63.7 Å². The molecule has 1 aliphatic heterocycles. The van der Waals surface area contributed by atoms with Crippen LogP contribution in [0, 0.1) is 5.92 Å². The summed E-state index contributed by atoms with van der Waals surface area (Å²) in [6.07, 6.45) is 1.06. The van der Waals surface area contributed by atoms with Crippen molar-refractivity contribution in [1.82, 2.24) is 4.90 Å². The molecule has 1 aromatic rings. The molecule has 1 aliphatic rings. The Kier molecular flexibility index (Phi) is 4.50. The van der Waals surface area contributed by atoms with Gasteiger partial charge in [-0.3, -0.25) is 19.3 Å². The fraction of sp³-hybridized carbons (Fsp3) is 0.400. The van der Waals surface area contributed by atoms with E-state index in [1.165, 1.54) is 0 Å². The quantitative estimate of drug-likeness (QED) is 0.478. The Hall–Kier alpha value is -2.17. The molecule has 106 valence electrons. The van der Waals surface area contributed by atoms with E-state index in [4.69, 9.17) is 4.74 Å². The first-order valence-corrected chi connectivity index (χ1v) is 6.72. The van der Waals surface area contributed by atoms with Crippen molar-refractivity contribution in [3.05, 3.63) is 35.9 Å². The van der Waals surface area contributed by atoms with Crippen LogP contribution in [0.1, 0.15) is 30.1 Å². The monoisotopic (exact) mass is 275 g/mol. The van der Waals surface area contributed by atoms with Gasteiger partial charge in [-0.15, -0.1) is 0 Å². The van der Waals surface area contributed by atoms with Crippen LogP contribution in [0.2, 0.25) is 0 Å². The molecule has 0 aliphatic carbocycles. The SMILES string of the molecule is CCOC(=O)C1CCCN(C(=O)c2ccccc2)C1=O. The third-order valence-corrected chi connectivity index (χ3v) is 3.28. The Labute approximate surface area is 117 Å². The summed E-state index contributed by atoms with van der Waals surface area (Å²) >= 11 is 0. The Morgan fingerprint density at radius 3 is 2.65 bits per heavy atom. The van der Waals surface area contributed by atoms with Crippen LogP contribution >= 0.6 is 0 Å². The zero-order valence-electron chi connectivity index (χ0n) is 11.4. The number of benzene rings is 1. The molecule has 1 atom stereocenters. The van der Waals surface area contributed by atoms with Gasteiger partial charge in [0, 0.05) is 12.1 Å². The smallest absolute Gasteiger partial charge is 0.318 e. The standard InChI is InChI=1S/C15H17NO4/c1-2-20-15(19)12-9-6-10-16(14(12)18)13(17)11-7-4-3-5-8-11/h3-5,7-8,12H,2,6,9-10H2,1H3. The van der Waals surface area contributed by atoms with Gasteiger partial charge in [-0.25, -0.2) is 0 Å². The molecule has 2 rings (SSSR count). The number of esters is 1. The maximum absolute atomic E-state index is 12.3. The summed E-state index contributed by atoms with van der Waals surface area (Å²) in [5.74, 6) is -2.20. The number of carbonyl (C=O) groups is 3. The zero-order chi connectivity index (χ0) is 14.5. The summed E-state index contributed by atoms with van der Waals surface area (Å²) in [6, 6.07) is 8.60. The first-order chi connectivity index (χ1) is 9.65. The van der Waals surface area contributed by atoms with E-state index in [1.54, 1.807) is 37.3 Å². The molecule has 1 unspecified atom stereocenters. The fourth-order valence-corrected chi connectivity index (χ4v) is 2.28. The van der Waals surface area contributed by atoms with Gasteiger partial charge in [0.05, 0.1) is 6.61 Å². The number of hydrogen-bond acceptors (Lipinski definition) is 4. The molecule has 20 heavy (non-hydrogen) atoms. The van der Waals surface area contributed by atoms with Crippen LogP contribution in [-0.4, -0.2) is 35.8 Å². The van der Waals surface area contributed by atoms with Gasteiger partial charge < -0.3 is 4.74 Å². The van der Waals surface area contributed by atoms with Gasteiger partial charge in [0.2, 0.25) is 5.91 Å². The van der Waals surface area contributed by atoms with Crippen molar-refractivity contribution in [2.75, 3.05) is 13.2 Å². The lowest BCUT2D eigenvalue weighted by Crippen LogP contribution is -2.47. The molecule has 0 radical (unpaired) electrons. The molecular formula is C15H17NO4. The number of amides is 2. The van der Waals surface area contributed by atoms with E-state index in [2.05, 4.69) is 0 Å². The van der Waals surface area contributed by atoms with E-state index in [0.29, 0.717) is 24.9 Å². The lowest BCUT2D eigenvalue weighted by Gasteiger charge is -2.29. The molecule has 1 saturated heterocycles. The van der Waals surface area contributed by atoms with E-state index in [-0.39, 0.29) is 12.5 Å². The van der Waals surface area contributed by atoms with Gasteiger partial charge in [0.25, 0.3) is 5.91 Å². The predicted molar refractivity (Wildman–Crippen MR) is 71.8 cm³/mol. The third-order valence-electron chi connectivity index (χ3n) is 3.28. The van der Waals surface area contributed by atoms with E-state index in [9.17, 15) is 14.4 Å². The largest absolute Gasteiger partial charge is 0.465 e. The molecule has 1 heterocycles. The second-order valence-electron chi connectivity index (χ2n) is 4.61. The maximum Gasteiger partial charge on any atom is 0.318 e. The van der Waals surface area contributed by atoms with Crippen molar-refractivity contribution in [2.24, 2.45) is 5.92 Å². The Bertz CT molecular complexity index is 512. The number of likely N-dealkylation sites (tertiary alicyclic amines) is 1. The van der Waals surface area contributed by atoms with Crippen molar-refractivity contribution < 1.29 is 19.1 Å². The fourth-order valence-electron chi connectivity index (χ4n) is 2.28. The van der Waals surface area contributed by atoms with E-state index in [1.807, 2.05) is 0 Å². The van der Waals surface area contributed by atoms with Crippen molar-refractivity contribution in [1.29, 1.82) is 0 Å². The van der Waals surface area contributed by atoms with E-state index >= 15 is 0 Å². The van der Waals surface area contributed by atoms with Crippen molar-refractivity contribution in [3.8, 4) is 0 Å². The zero-order valence-corrected chi connectivity index (χ0v) is 11.4. The molecule has 0 N–H and O–H groups in total. The Morgan fingerprint density at radius 1 is 1.30 bits per heavy atom. The van der Waals surface area contributed by atoms with Gasteiger partial charge >= 0.3 is 5.97 Å². The molecular weight excluding hydrogens is 258 g/mol. The summed E-state index contributed by atoms with van der Waals surface area (Å²) in [4.78, 5) is 37.4. The van der Waals surface area contributed by atoms with Crippen molar-refractivity contribution in [2.45, 2.75) is 19.8 Å². The highest BCUT2D eigenvalue weighted by Gasteiger charge is 2.38. The third kappa shape index (κ3) is 2.87. The van der Waals surface area contributed by atoms with Crippen LogP contribution in [0.4, 0.5) is 0 Å². The Morgan fingerprint density at radius 2 is 2.00 bits per heavy atom. The van der Waals surface area contributed by atoms with Crippen LogP contribution in [0.3, 0.4) is 0 Å². The lowest BCUT2D eigenvalue weighted by molar-refractivity contribution is -0.156. The molecule has 0 saturated carbocycles. The molecule has 5 heteroatoms. The number of ether oxygens (including phenoxy) is 1. The van der Waals surface area contributed by atoms with Gasteiger partial charge in [-0.2, -0.15) is 0 Å². The van der Waals surface area contributed by atoms with Gasteiger partial charge in [-0.1, -0.05) is 18.2 Å². The van der Waals surface area contributed by atoms with Gasteiger partial charge in [0.1, 0.15) is 5.92 Å². The summed E-state index contributed by atoms with van der Waals surface area (Å²) in [5, 5.41) is 0. The average molecular weight is 275 g/mol. The normalized spacial score (nSPS) is 18.8. The number of imide groups is 1. The van der Waals surface area contributed by atoms with Crippen LogP contribution in [0.5, 0.6) is 0 Å². The second kappa shape index (κ2) is 6.32. The summed E-state index contributed by atoms with van der Waals surface area (Å²) in [5.41, 5.74) is 0.449. The summed E-state index contributed by atoms with van der Waals surface area (Å²) in [6.45, 7) is 2.27. The number of nitrogens with zero attached hydrogens (tertiary/aromatic N) is 1. The molecule has 1 fully saturated rings. The summed E-state index contributed by atoms with van der Waals surface area (Å²) in [7, 11) is 0. The van der Waals surface area contributed by atoms with Crippen LogP contribution < -0.4 is 0 Å². The molecule has 0 aromatic heterocycles. The van der Waals surface area contributed by atoms with E-state index in [0.717, 1.165) is 4.90 Å². The average Bonchev–Trinajstić information content (AvgIpc) is 2.48. The predicted octanol–water partition coefficient (Wildman–Crippen LogP) is 1.63. The molecule has 2 amide bonds. The number of carbonyl (C=O) groups excluding carboxylic acids is 3.